The van der Waals surface area contributed by atoms with Gasteiger partial charge in [-0.25, -0.2) is 9.37 Å². The van der Waals surface area contributed by atoms with Gasteiger partial charge >= 0.3 is 0 Å². The lowest BCUT2D eigenvalue weighted by molar-refractivity contribution is -0.113. The third-order valence-corrected chi connectivity index (χ3v) is 4.81. The second-order valence-corrected chi connectivity index (χ2v) is 6.66. The van der Waals surface area contributed by atoms with Crippen molar-refractivity contribution in [1.82, 2.24) is 9.97 Å². The third kappa shape index (κ3) is 4.28. The molecule has 2 aromatic carbocycles. The summed E-state index contributed by atoms with van der Waals surface area (Å²) in [7, 11) is 0. The number of hydrogen-bond acceptors (Lipinski definition) is 3. The van der Waals surface area contributed by atoms with Gasteiger partial charge in [0.2, 0.25) is 5.91 Å². The monoisotopic (exact) mass is 355 g/mol. The van der Waals surface area contributed by atoms with Gasteiger partial charge in [0, 0.05) is 5.69 Å². The van der Waals surface area contributed by atoms with Crippen LogP contribution in [0, 0.1) is 19.7 Å². The van der Waals surface area contributed by atoms with Gasteiger partial charge in [0.05, 0.1) is 17.6 Å². The first-order chi connectivity index (χ1) is 12.0. The van der Waals surface area contributed by atoms with E-state index in [1.807, 2.05) is 32.0 Å². The molecule has 128 valence electrons. The number of anilines is 1. The molecule has 0 unspecified atom stereocenters. The maximum atomic E-state index is 13.0. The molecule has 1 amide bonds. The molecule has 1 aromatic heterocycles. The van der Waals surface area contributed by atoms with E-state index < -0.39 is 0 Å². The number of carbonyl (C=O) groups is 1. The van der Waals surface area contributed by atoms with Crippen molar-refractivity contribution in [1.29, 1.82) is 0 Å². The van der Waals surface area contributed by atoms with E-state index >= 15 is 0 Å². The van der Waals surface area contributed by atoms with Crippen LogP contribution in [-0.2, 0) is 4.79 Å². The summed E-state index contributed by atoms with van der Waals surface area (Å²) in [6, 6.07) is 12.0. The molecule has 0 atom stereocenters. The summed E-state index contributed by atoms with van der Waals surface area (Å²) >= 11 is 1.32. The van der Waals surface area contributed by atoms with Crippen LogP contribution in [0.2, 0.25) is 0 Å². The number of nitrogens with one attached hydrogen (secondary N) is 2. The average molecular weight is 355 g/mol. The second-order valence-electron chi connectivity index (χ2n) is 5.69. The zero-order chi connectivity index (χ0) is 17.8. The average Bonchev–Trinajstić information content (AvgIpc) is 3.07. The first-order valence-corrected chi connectivity index (χ1v) is 8.81. The maximum absolute atomic E-state index is 13.0. The van der Waals surface area contributed by atoms with Gasteiger partial charge in [-0.1, -0.05) is 23.9 Å². The summed E-state index contributed by atoms with van der Waals surface area (Å²) in [6.45, 7) is 4.00. The Hall–Kier alpha value is -2.60. The summed E-state index contributed by atoms with van der Waals surface area (Å²) in [5.74, 6) is -0.108. The van der Waals surface area contributed by atoms with E-state index in [-0.39, 0.29) is 17.5 Å². The molecule has 6 heteroatoms. The minimum absolute atomic E-state index is 0.0848. The molecule has 1 heterocycles. The molecule has 25 heavy (non-hydrogen) atoms. The third-order valence-electron chi connectivity index (χ3n) is 3.93. The zero-order valence-corrected chi connectivity index (χ0v) is 14.8. The molecule has 0 aliphatic rings. The Morgan fingerprint density at radius 2 is 1.96 bits per heavy atom. The van der Waals surface area contributed by atoms with E-state index in [1.54, 1.807) is 18.3 Å². The van der Waals surface area contributed by atoms with Crippen LogP contribution in [0.15, 0.2) is 53.8 Å². The molecule has 0 spiro atoms. The Balaban J connectivity index is 1.59. The quantitative estimate of drug-likeness (QED) is 0.660. The number of halogens is 1. The molecular weight excluding hydrogens is 337 g/mol. The number of imidazole rings is 1. The lowest BCUT2D eigenvalue weighted by Crippen LogP contribution is -2.15. The van der Waals surface area contributed by atoms with Gasteiger partial charge < -0.3 is 10.3 Å². The van der Waals surface area contributed by atoms with Gasteiger partial charge in [-0.3, -0.25) is 4.79 Å². The number of nitrogens with zero attached hydrogens (tertiary/aromatic N) is 1. The Morgan fingerprint density at radius 1 is 1.20 bits per heavy atom. The molecule has 0 saturated carbocycles. The normalized spacial score (nSPS) is 10.7. The van der Waals surface area contributed by atoms with Crippen molar-refractivity contribution in [3.8, 4) is 11.3 Å². The van der Waals surface area contributed by atoms with Crippen molar-refractivity contribution >= 4 is 23.4 Å². The molecule has 0 saturated heterocycles. The highest BCUT2D eigenvalue weighted by Gasteiger charge is 2.09. The lowest BCUT2D eigenvalue weighted by atomic mass is 10.1. The SMILES string of the molecule is Cc1cccc(NC(=O)CSc2ncc(-c3ccc(F)cc3)[nH]2)c1C. The molecule has 0 fully saturated rings. The number of benzene rings is 2. The van der Waals surface area contributed by atoms with Gasteiger partial charge in [0.25, 0.3) is 0 Å². The smallest absolute Gasteiger partial charge is 0.234 e. The Kier molecular flexibility index (Phi) is 5.19. The van der Waals surface area contributed by atoms with Crippen LogP contribution in [0.3, 0.4) is 0 Å². The Morgan fingerprint density at radius 3 is 2.72 bits per heavy atom. The fourth-order valence-electron chi connectivity index (χ4n) is 2.36. The first-order valence-electron chi connectivity index (χ1n) is 7.83. The molecule has 4 nitrogen and oxygen atoms in total. The maximum Gasteiger partial charge on any atom is 0.234 e. The van der Waals surface area contributed by atoms with Crippen LogP contribution in [0.4, 0.5) is 10.1 Å². The fraction of sp³-hybridized carbons (Fsp3) is 0.158. The highest BCUT2D eigenvalue weighted by Crippen LogP contribution is 2.22. The number of hydrogen-bond donors (Lipinski definition) is 2. The minimum Gasteiger partial charge on any atom is -0.333 e. The van der Waals surface area contributed by atoms with Crippen LogP contribution in [0.25, 0.3) is 11.3 Å². The first kappa shape index (κ1) is 17.2. The fourth-order valence-corrected chi connectivity index (χ4v) is 3.01. The van der Waals surface area contributed by atoms with Crippen molar-refractivity contribution in [3.05, 3.63) is 65.6 Å². The van der Waals surface area contributed by atoms with Crippen LogP contribution in [0.5, 0.6) is 0 Å². The molecule has 2 N–H and O–H groups in total. The molecule has 0 bridgehead atoms. The standard InChI is InChI=1S/C19H18FN3OS/c1-12-4-3-5-16(13(12)2)22-18(24)11-25-19-21-10-17(23-19)14-6-8-15(20)9-7-14/h3-10H,11H2,1-2H3,(H,21,23)(H,22,24). The number of aromatic amines is 1. The van der Waals surface area contributed by atoms with Crippen LogP contribution >= 0.6 is 11.8 Å². The molecule has 3 aromatic rings. The van der Waals surface area contributed by atoms with Gasteiger partial charge in [0.1, 0.15) is 5.82 Å². The van der Waals surface area contributed by atoms with Crippen LogP contribution in [0.1, 0.15) is 11.1 Å². The second kappa shape index (κ2) is 7.53. The molecule has 0 radical (unpaired) electrons. The topological polar surface area (TPSA) is 57.8 Å². The molecule has 3 rings (SSSR count). The summed E-state index contributed by atoms with van der Waals surface area (Å²) in [6.07, 6.45) is 1.68. The number of aromatic nitrogens is 2. The highest BCUT2D eigenvalue weighted by molar-refractivity contribution is 7.99. The van der Waals surface area contributed by atoms with E-state index in [9.17, 15) is 9.18 Å². The highest BCUT2D eigenvalue weighted by atomic mass is 32.2. The van der Waals surface area contributed by atoms with Crippen molar-refractivity contribution in [2.45, 2.75) is 19.0 Å². The predicted octanol–water partition coefficient (Wildman–Crippen LogP) is 4.56. The molecule has 0 aliphatic heterocycles. The zero-order valence-electron chi connectivity index (χ0n) is 14.0. The number of aryl methyl sites for hydroxylation is 1. The van der Waals surface area contributed by atoms with Crippen LogP contribution < -0.4 is 5.32 Å². The summed E-state index contributed by atoms with van der Waals surface area (Å²) in [5, 5.41) is 3.57. The Bertz CT molecular complexity index is 890. The Labute approximate surface area is 149 Å². The van der Waals surface area contributed by atoms with E-state index in [4.69, 9.17) is 0 Å². The van der Waals surface area contributed by atoms with Gasteiger partial charge in [0.15, 0.2) is 5.16 Å². The lowest BCUT2D eigenvalue weighted by Gasteiger charge is -2.09. The van der Waals surface area contributed by atoms with E-state index in [0.29, 0.717) is 5.16 Å². The van der Waals surface area contributed by atoms with Crippen molar-refractivity contribution in [3.63, 3.8) is 0 Å². The summed E-state index contributed by atoms with van der Waals surface area (Å²) < 4.78 is 13.0. The van der Waals surface area contributed by atoms with Crippen molar-refractivity contribution < 1.29 is 9.18 Å². The van der Waals surface area contributed by atoms with Crippen molar-refractivity contribution in [2.24, 2.45) is 0 Å². The number of amides is 1. The predicted molar refractivity (Wildman–Crippen MR) is 99.3 cm³/mol. The van der Waals surface area contributed by atoms with Gasteiger partial charge in [-0.15, -0.1) is 0 Å². The number of carbonyl (C=O) groups excluding carboxylic acids is 1. The van der Waals surface area contributed by atoms with Crippen molar-refractivity contribution in [2.75, 3.05) is 11.1 Å². The van der Waals surface area contributed by atoms with E-state index in [1.165, 1.54) is 23.9 Å². The summed E-state index contributed by atoms with van der Waals surface area (Å²) in [4.78, 5) is 19.5. The van der Waals surface area contributed by atoms with E-state index in [0.717, 1.165) is 28.1 Å². The largest absolute Gasteiger partial charge is 0.333 e. The van der Waals surface area contributed by atoms with Gasteiger partial charge in [-0.05, 0) is 60.9 Å². The number of H-pyrrole nitrogens is 1. The summed E-state index contributed by atoms with van der Waals surface area (Å²) in [5.41, 5.74) is 4.67. The number of thioether (sulfide) groups is 1. The number of rotatable bonds is 5. The molecular formula is C19H18FN3OS. The van der Waals surface area contributed by atoms with Crippen LogP contribution in [-0.4, -0.2) is 21.6 Å². The van der Waals surface area contributed by atoms with Gasteiger partial charge in [-0.2, -0.15) is 0 Å². The molecule has 0 aliphatic carbocycles. The van der Waals surface area contributed by atoms with E-state index in [2.05, 4.69) is 15.3 Å². The minimum atomic E-state index is -0.277.